The first kappa shape index (κ1) is 22.8. The van der Waals surface area contributed by atoms with E-state index in [1.807, 2.05) is 37.3 Å². The fourth-order valence-electron chi connectivity index (χ4n) is 3.06. The minimum atomic E-state index is -0.451. The van der Waals surface area contributed by atoms with Crippen LogP contribution in [0, 0.1) is 11.3 Å². The average Bonchev–Trinajstić information content (AvgIpc) is 2.78. The molecular formula is C24H29N3O3. The number of carbonyl (C=O) groups excluding carboxylic acids is 1. The largest absolute Gasteiger partial charge is 0.493 e. The van der Waals surface area contributed by atoms with Crippen molar-refractivity contribution in [2.24, 2.45) is 0 Å². The summed E-state index contributed by atoms with van der Waals surface area (Å²) in [5, 5.41) is 15.5. The lowest BCUT2D eigenvalue weighted by Crippen LogP contribution is -2.28. The van der Waals surface area contributed by atoms with Crippen LogP contribution in [-0.2, 0) is 4.79 Å². The minimum Gasteiger partial charge on any atom is -0.493 e. The fourth-order valence-corrected chi connectivity index (χ4v) is 3.06. The van der Waals surface area contributed by atoms with Gasteiger partial charge in [0.25, 0.3) is 5.91 Å². The van der Waals surface area contributed by atoms with Crippen molar-refractivity contribution in [1.82, 2.24) is 5.32 Å². The number of hydrogen-bond acceptors (Lipinski definition) is 5. The second-order valence-corrected chi connectivity index (χ2v) is 7.02. The maximum Gasteiger partial charge on any atom is 0.263 e. The SMILES string of the molecule is CCC(C)c1ccccc1N/C=C(/C#N)C(=O)NC(C)c1ccc(OC)c(OC)c1. The third-order valence-electron chi connectivity index (χ3n) is 5.10. The third kappa shape index (κ3) is 5.54. The van der Waals surface area contributed by atoms with E-state index in [0.717, 1.165) is 23.2 Å². The van der Waals surface area contributed by atoms with Gasteiger partial charge in [0.2, 0.25) is 0 Å². The van der Waals surface area contributed by atoms with E-state index in [9.17, 15) is 10.1 Å². The molecule has 6 nitrogen and oxygen atoms in total. The molecule has 30 heavy (non-hydrogen) atoms. The smallest absolute Gasteiger partial charge is 0.263 e. The molecule has 0 aliphatic heterocycles. The van der Waals surface area contributed by atoms with Crippen LogP contribution in [-0.4, -0.2) is 20.1 Å². The number of ether oxygens (including phenoxy) is 2. The van der Waals surface area contributed by atoms with Crippen LogP contribution in [0.25, 0.3) is 0 Å². The van der Waals surface area contributed by atoms with E-state index in [0.29, 0.717) is 17.4 Å². The van der Waals surface area contributed by atoms with Crippen molar-refractivity contribution >= 4 is 11.6 Å². The molecule has 2 aromatic rings. The average molecular weight is 408 g/mol. The zero-order chi connectivity index (χ0) is 22.1. The van der Waals surface area contributed by atoms with Crippen LogP contribution in [0.15, 0.2) is 54.2 Å². The molecule has 6 heteroatoms. The molecule has 2 N–H and O–H groups in total. The molecule has 0 aliphatic carbocycles. The molecule has 0 saturated heterocycles. The monoisotopic (exact) mass is 407 g/mol. The Bertz CT molecular complexity index is 947. The standard InChI is InChI=1S/C24H29N3O3/c1-6-16(2)20-9-7-8-10-21(20)26-15-19(14-25)24(28)27-17(3)18-11-12-22(29-4)23(13-18)30-5/h7-13,15-17,26H,6H2,1-5H3,(H,27,28)/b19-15-. The van der Waals surface area contributed by atoms with Crippen molar-refractivity contribution < 1.29 is 14.3 Å². The number of nitrogens with one attached hydrogen (secondary N) is 2. The zero-order valence-corrected chi connectivity index (χ0v) is 18.2. The molecule has 0 spiro atoms. The summed E-state index contributed by atoms with van der Waals surface area (Å²) < 4.78 is 10.6. The molecule has 2 rings (SSSR count). The molecule has 0 heterocycles. The minimum absolute atomic E-state index is 0.00119. The topological polar surface area (TPSA) is 83.4 Å². The van der Waals surface area contributed by atoms with Crippen molar-refractivity contribution in [2.75, 3.05) is 19.5 Å². The van der Waals surface area contributed by atoms with Gasteiger partial charge in [-0.1, -0.05) is 38.1 Å². The summed E-state index contributed by atoms with van der Waals surface area (Å²) in [4.78, 5) is 12.6. The number of anilines is 1. The Morgan fingerprint density at radius 1 is 1.13 bits per heavy atom. The van der Waals surface area contributed by atoms with Crippen molar-refractivity contribution in [3.8, 4) is 17.6 Å². The highest BCUT2D eigenvalue weighted by Crippen LogP contribution is 2.30. The quantitative estimate of drug-likeness (QED) is 0.456. The van der Waals surface area contributed by atoms with Gasteiger partial charge >= 0.3 is 0 Å². The number of hydrogen-bond donors (Lipinski definition) is 2. The second kappa shape index (κ2) is 10.9. The highest BCUT2D eigenvalue weighted by Gasteiger charge is 2.16. The lowest BCUT2D eigenvalue weighted by molar-refractivity contribution is -0.117. The van der Waals surface area contributed by atoms with E-state index in [1.165, 1.54) is 6.20 Å². The molecular weight excluding hydrogens is 378 g/mol. The van der Waals surface area contributed by atoms with E-state index in [1.54, 1.807) is 26.4 Å². The van der Waals surface area contributed by atoms with E-state index in [2.05, 4.69) is 30.5 Å². The van der Waals surface area contributed by atoms with Crippen molar-refractivity contribution in [1.29, 1.82) is 5.26 Å². The Hall–Kier alpha value is -3.46. The van der Waals surface area contributed by atoms with E-state index < -0.39 is 5.91 Å². The van der Waals surface area contributed by atoms with Gasteiger partial charge in [0.05, 0.1) is 20.3 Å². The van der Waals surface area contributed by atoms with Crippen LogP contribution in [0.1, 0.15) is 50.3 Å². The molecule has 0 saturated carbocycles. The van der Waals surface area contributed by atoms with Gasteiger partial charge in [0.15, 0.2) is 11.5 Å². The summed E-state index contributed by atoms with van der Waals surface area (Å²) in [5.41, 5.74) is 2.88. The lowest BCUT2D eigenvalue weighted by Gasteiger charge is -2.17. The van der Waals surface area contributed by atoms with Crippen LogP contribution >= 0.6 is 0 Å². The zero-order valence-electron chi connectivity index (χ0n) is 18.2. The maximum absolute atomic E-state index is 12.6. The van der Waals surface area contributed by atoms with Gasteiger partial charge in [-0.2, -0.15) is 5.26 Å². The molecule has 2 atom stereocenters. The van der Waals surface area contributed by atoms with Gasteiger partial charge in [-0.15, -0.1) is 0 Å². The molecule has 158 valence electrons. The van der Waals surface area contributed by atoms with Crippen molar-refractivity contribution in [3.63, 3.8) is 0 Å². The summed E-state index contributed by atoms with van der Waals surface area (Å²) in [6, 6.07) is 15.0. The number of rotatable bonds is 9. The molecule has 1 amide bonds. The van der Waals surface area contributed by atoms with Crippen LogP contribution < -0.4 is 20.1 Å². The van der Waals surface area contributed by atoms with Gasteiger partial charge < -0.3 is 20.1 Å². The molecule has 2 aromatic carbocycles. The van der Waals surface area contributed by atoms with Crippen molar-refractivity contribution in [2.45, 2.75) is 39.2 Å². The highest BCUT2D eigenvalue weighted by atomic mass is 16.5. The van der Waals surface area contributed by atoms with Gasteiger partial charge in [-0.25, -0.2) is 0 Å². The Kier molecular flexibility index (Phi) is 8.30. The van der Waals surface area contributed by atoms with E-state index in [4.69, 9.17) is 9.47 Å². The highest BCUT2D eigenvalue weighted by molar-refractivity contribution is 5.97. The molecule has 0 bridgehead atoms. The number of amides is 1. The number of methoxy groups -OCH3 is 2. The van der Waals surface area contributed by atoms with Gasteiger partial charge in [-0.3, -0.25) is 4.79 Å². The first-order valence-electron chi connectivity index (χ1n) is 9.93. The molecule has 0 aromatic heterocycles. The predicted octanol–water partition coefficient (Wildman–Crippen LogP) is 4.91. The molecule has 0 fully saturated rings. The van der Waals surface area contributed by atoms with E-state index in [-0.39, 0.29) is 11.6 Å². The Morgan fingerprint density at radius 2 is 1.83 bits per heavy atom. The van der Waals surface area contributed by atoms with Gasteiger partial charge in [-0.05, 0) is 48.6 Å². The normalized spacial score (nSPS) is 13.0. The molecule has 2 unspecified atom stereocenters. The third-order valence-corrected chi connectivity index (χ3v) is 5.10. The second-order valence-electron chi connectivity index (χ2n) is 7.02. The number of nitrogens with zero attached hydrogens (tertiary/aromatic N) is 1. The van der Waals surface area contributed by atoms with Crippen LogP contribution in [0.4, 0.5) is 5.69 Å². The van der Waals surface area contributed by atoms with Crippen molar-refractivity contribution in [3.05, 3.63) is 65.4 Å². The first-order chi connectivity index (χ1) is 14.4. The van der Waals surface area contributed by atoms with Gasteiger partial charge in [0.1, 0.15) is 11.6 Å². The Labute approximate surface area is 178 Å². The number of para-hydroxylation sites is 1. The Balaban J connectivity index is 2.14. The summed E-state index contributed by atoms with van der Waals surface area (Å²) in [7, 11) is 3.13. The molecule has 0 radical (unpaired) electrons. The summed E-state index contributed by atoms with van der Waals surface area (Å²) in [6.45, 7) is 6.12. The predicted molar refractivity (Wildman–Crippen MR) is 119 cm³/mol. The number of carbonyl (C=O) groups is 1. The van der Waals surface area contributed by atoms with E-state index >= 15 is 0 Å². The maximum atomic E-state index is 12.6. The van der Waals surface area contributed by atoms with Gasteiger partial charge in [0, 0.05) is 11.9 Å². The number of nitriles is 1. The number of benzene rings is 2. The Morgan fingerprint density at radius 3 is 2.47 bits per heavy atom. The van der Waals surface area contributed by atoms with Crippen LogP contribution in [0.3, 0.4) is 0 Å². The fraction of sp³-hybridized carbons (Fsp3) is 0.333. The van der Waals surface area contributed by atoms with Crippen LogP contribution in [0.2, 0.25) is 0 Å². The molecule has 0 aliphatic rings. The summed E-state index contributed by atoms with van der Waals surface area (Å²) in [5.74, 6) is 1.11. The first-order valence-corrected chi connectivity index (χ1v) is 9.93. The summed E-state index contributed by atoms with van der Waals surface area (Å²) >= 11 is 0. The van der Waals surface area contributed by atoms with Crippen LogP contribution in [0.5, 0.6) is 11.5 Å². The summed E-state index contributed by atoms with van der Waals surface area (Å²) in [6.07, 6.45) is 2.45. The lowest BCUT2D eigenvalue weighted by atomic mass is 9.97.